The second kappa shape index (κ2) is 17.9. The zero-order valence-electron chi connectivity index (χ0n) is 26.3. The van der Waals surface area contributed by atoms with Crippen molar-refractivity contribution in [3.05, 3.63) is 163 Å². The van der Waals surface area contributed by atoms with E-state index < -0.39 is 0 Å². The smallest absolute Gasteiger partial charge is 0.0892 e. The zero-order chi connectivity index (χ0) is 32.0. The number of nitrogens with zero attached hydrogens (tertiary/aromatic N) is 6. The molecule has 0 atom stereocenters. The van der Waals surface area contributed by atoms with Gasteiger partial charge in [0.2, 0.25) is 0 Å². The molecule has 6 aromatic heterocycles. The molecule has 0 spiro atoms. The maximum Gasteiger partial charge on any atom is 0.0892 e. The fraction of sp³-hybridized carbons (Fsp3) is 0.0769. The van der Waals surface area contributed by atoms with E-state index in [4.69, 9.17) is 0 Å². The number of hydrogen-bond acceptors (Lipinski definition) is 6. The molecule has 0 aliphatic carbocycles. The summed E-state index contributed by atoms with van der Waals surface area (Å²) >= 11 is 0. The summed E-state index contributed by atoms with van der Waals surface area (Å²) in [5.41, 5.74) is 12.1. The van der Waals surface area contributed by atoms with Gasteiger partial charge < -0.3 is 0 Å². The SMILES string of the molecule is C=Cc1ccnc(-c2cc(C)ccn2)c1.C=Cc1ccnc(-c2cc(C)ccn2)c1.C=Cc1ccnc(-c2cc(C)ccn2)c1.[Ru]. The fourth-order valence-corrected chi connectivity index (χ4v) is 4.17. The molecule has 0 fully saturated rings. The second-order valence-corrected chi connectivity index (χ2v) is 10.2. The maximum atomic E-state index is 4.29. The van der Waals surface area contributed by atoms with E-state index in [-0.39, 0.29) is 19.5 Å². The summed E-state index contributed by atoms with van der Waals surface area (Å²) in [4.78, 5) is 25.7. The van der Waals surface area contributed by atoms with Crippen molar-refractivity contribution in [3.63, 3.8) is 0 Å². The number of pyridine rings is 6. The van der Waals surface area contributed by atoms with E-state index in [0.29, 0.717) is 0 Å². The Morgan fingerprint density at radius 2 is 0.587 bits per heavy atom. The molecule has 0 unspecified atom stereocenters. The van der Waals surface area contributed by atoms with Gasteiger partial charge in [0.25, 0.3) is 0 Å². The molecule has 0 radical (unpaired) electrons. The molecule has 7 heteroatoms. The molecule has 6 heterocycles. The normalized spacial score (nSPS) is 9.72. The summed E-state index contributed by atoms with van der Waals surface area (Å²) in [6, 6.07) is 23.7. The van der Waals surface area contributed by atoms with Crippen LogP contribution in [0.15, 0.2) is 130 Å². The van der Waals surface area contributed by atoms with E-state index in [9.17, 15) is 0 Å². The van der Waals surface area contributed by atoms with Gasteiger partial charge in [-0.15, -0.1) is 0 Å². The van der Waals surface area contributed by atoms with E-state index in [2.05, 4.69) is 49.6 Å². The summed E-state index contributed by atoms with van der Waals surface area (Å²) in [6.45, 7) is 17.3. The van der Waals surface area contributed by atoms with Crippen LogP contribution in [0.3, 0.4) is 0 Å². The van der Waals surface area contributed by atoms with Gasteiger partial charge in [0.1, 0.15) is 0 Å². The molecule has 0 aromatic carbocycles. The molecular formula is C39H36N6Ru. The summed E-state index contributed by atoms with van der Waals surface area (Å²) in [7, 11) is 0. The first-order valence-electron chi connectivity index (χ1n) is 14.4. The first-order valence-corrected chi connectivity index (χ1v) is 14.4. The number of rotatable bonds is 6. The third kappa shape index (κ3) is 10.4. The van der Waals surface area contributed by atoms with Crippen molar-refractivity contribution in [1.82, 2.24) is 29.9 Å². The van der Waals surface area contributed by atoms with E-state index >= 15 is 0 Å². The Hall–Kier alpha value is -5.26. The third-order valence-electron chi connectivity index (χ3n) is 6.59. The molecule has 0 amide bonds. The van der Waals surface area contributed by atoms with Crippen LogP contribution in [0.4, 0.5) is 0 Å². The topological polar surface area (TPSA) is 77.3 Å². The van der Waals surface area contributed by atoms with Gasteiger partial charge in [0, 0.05) is 56.7 Å². The monoisotopic (exact) mass is 690 g/mol. The molecule has 6 aromatic rings. The Morgan fingerprint density at radius 1 is 0.370 bits per heavy atom. The van der Waals surface area contributed by atoms with E-state index in [1.54, 1.807) is 55.4 Å². The van der Waals surface area contributed by atoms with Crippen LogP contribution in [0.1, 0.15) is 33.4 Å². The Kier molecular flexibility index (Phi) is 13.7. The van der Waals surface area contributed by atoms with Crippen LogP contribution in [0, 0.1) is 20.8 Å². The molecule has 0 N–H and O–H groups in total. The fourth-order valence-electron chi connectivity index (χ4n) is 4.17. The van der Waals surface area contributed by atoms with Crippen molar-refractivity contribution in [3.8, 4) is 34.2 Å². The number of aromatic nitrogens is 6. The van der Waals surface area contributed by atoms with Crippen molar-refractivity contribution < 1.29 is 19.5 Å². The van der Waals surface area contributed by atoms with Crippen LogP contribution in [-0.2, 0) is 19.5 Å². The zero-order valence-corrected chi connectivity index (χ0v) is 28.0. The summed E-state index contributed by atoms with van der Waals surface area (Å²) < 4.78 is 0. The van der Waals surface area contributed by atoms with E-state index in [1.807, 2.05) is 93.6 Å². The molecule has 230 valence electrons. The average molecular weight is 690 g/mol. The van der Waals surface area contributed by atoms with Crippen molar-refractivity contribution in [2.45, 2.75) is 20.8 Å². The van der Waals surface area contributed by atoms with Crippen molar-refractivity contribution >= 4 is 18.2 Å². The third-order valence-corrected chi connectivity index (χ3v) is 6.59. The van der Waals surface area contributed by atoms with Crippen molar-refractivity contribution in [2.75, 3.05) is 0 Å². The number of aryl methyl sites for hydroxylation is 3. The molecule has 0 saturated carbocycles. The molecule has 0 aliphatic rings. The molecule has 0 bridgehead atoms. The van der Waals surface area contributed by atoms with Gasteiger partial charge >= 0.3 is 0 Å². The van der Waals surface area contributed by atoms with Crippen LogP contribution >= 0.6 is 0 Å². The van der Waals surface area contributed by atoms with Crippen LogP contribution in [0.5, 0.6) is 0 Å². The van der Waals surface area contributed by atoms with E-state index in [1.165, 1.54) is 16.7 Å². The first-order chi connectivity index (χ1) is 21.9. The minimum Gasteiger partial charge on any atom is -0.255 e. The van der Waals surface area contributed by atoms with Crippen molar-refractivity contribution in [2.24, 2.45) is 0 Å². The van der Waals surface area contributed by atoms with Crippen LogP contribution < -0.4 is 0 Å². The summed E-state index contributed by atoms with van der Waals surface area (Å²) in [6.07, 6.45) is 16.1. The van der Waals surface area contributed by atoms with Gasteiger partial charge in [0.15, 0.2) is 0 Å². The van der Waals surface area contributed by atoms with Crippen LogP contribution in [-0.4, -0.2) is 29.9 Å². The largest absolute Gasteiger partial charge is 0.255 e. The first kappa shape index (κ1) is 35.2. The second-order valence-electron chi connectivity index (χ2n) is 10.2. The Balaban J connectivity index is 0.000000186. The van der Waals surface area contributed by atoms with Crippen LogP contribution in [0.25, 0.3) is 52.4 Å². The predicted molar refractivity (Wildman–Crippen MR) is 187 cm³/mol. The van der Waals surface area contributed by atoms with E-state index in [0.717, 1.165) is 50.9 Å². The van der Waals surface area contributed by atoms with Crippen molar-refractivity contribution in [1.29, 1.82) is 0 Å². The Morgan fingerprint density at radius 3 is 0.804 bits per heavy atom. The average Bonchev–Trinajstić information content (AvgIpc) is 3.09. The molecule has 0 saturated heterocycles. The molecular weight excluding hydrogens is 654 g/mol. The standard InChI is InChI=1S/3C13H12N2.Ru/c3*1-3-11-5-7-15-13(9-11)12-8-10(2)4-6-14-12;/h3*3-9H,1H2,2H3;. The van der Waals surface area contributed by atoms with Gasteiger partial charge in [-0.25, -0.2) is 0 Å². The van der Waals surface area contributed by atoms with Gasteiger partial charge in [-0.1, -0.05) is 38.0 Å². The minimum atomic E-state index is 0. The molecule has 6 rings (SSSR count). The molecule has 6 nitrogen and oxygen atoms in total. The molecule has 0 aliphatic heterocycles. The number of hydrogen-bond donors (Lipinski definition) is 0. The maximum absolute atomic E-state index is 4.29. The predicted octanol–water partition coefficient (Wildman–Crippen LogP) is 9.28. The quantitative estimate of drug-likeness (QED) is 0.162. The summed E-state index contributed by atoms with van der Waals surface area (Å²) in [5.74, 6) is 0. The minimum absolute atomic E-state index is 0. The van der Waals surface area contributed by atoms with Gasteiger partial charge in [-0.05, 0) is 127 Å². The van der Waals surface area contributed by atoms with Gasteiger partial charge in [-0.2, -0.15) is 0 Å². The molecule has 46 heavy (non-hydrogen) atoms. The van der Waals surface area contributed by atoms with Gasteiger partial charge in [-0.3, -0.25) is 29.9 Å². The summed E-state index contributed by atoms with van der Waals surface area (Å²) in [5, 5.41) is 0. The Labute approximate surface area is 284 Å². The van der Waals surface area contributed by atoms with Gasteiger partial charge in [0.05, 0.1) is 34.2 Å². The van der Waals surface area contributed by atoms with Crippen LogP contribution in [0.2, 0.25) is 0 Å². The Bertz CT molecular complexity index is 1700.